The number of ether oxygens (including phenoxy) is 1. The third-order valence-electron chi connectivity index (χ3n) is 4.69. The van der Waals surface area contributed by atoms with Crippen molar-refractivity contribution in [2.75, 3.05) is 53.1 Å². The molecule has 27 heavy (non-hydrogen) atoms. The average Bonchev–Trinajstić information content (AvgIpc) is 2.63. The molecule has 1 N–H and O–H groups in total. The van der Waals surface area contributed by atoms with Gasteiger partial charge in [0.2, 0.25) is 10.0 Å². The molecular weight excluding hydrogens is 371 g/mol. The summed E-state index contributed by atoms with van der Waals surface area (Å²) in [6.45, 7) is 2.76. The van der Waals surface area contributed by atoms with Crippen LogP contribution >= 0.6 is 0 Å². The summed E-state index contributed by atoms with van der Waals surface area (Å²) in [4.78, 5) is 6.19. The normalized spacial score (nSPS) is 17.0. The first-order valence-corrected chi connectivity index (χ1v) is 10.9. The van der Waals surface area contributed by atoms with Crippen LogP contribution < -0.4 is 10.1 Å². The zero-order valence-electron chi connectivity index (χ0n) is 16.2. The molecule has 0 aliphatic carbocycles. The van der Waals surface area contributed by atoms with E-state index in [2.05, 4.69) is 10.3 Å². The SMILES string of the molecule is CN=C(NCC1CCN(S(C)(=O)=O)CC1)N(C)CCOc1ccccc1F. The number of para-hydroxylation sites is 1. The van der Waals surface area contributed by atoms with Gasteiger partial charge < -0.3 is 15.0 Å². The molecule has 0 unspecified atom stereocenters. The Morgan fingerprint density at radius 3 is 2.63 bits per heavy atom. The maximum absolute atomic E-state index is 13.6. The second kappa shape index (κ2) is 9.89. The second-order valence-corrected chi connectivity index (χ2v) is 8.72. The standard InChI is InChI=1S/C18H29FN4O3S/c1-20-18(21-14-15-8-10-23(11-9-15)27(3,24)25)22(2)12-13-26-17-7-5-4-6-16(17)19/h4-7,15H,8-14H2,1-3H3,(H,20,21). The Bertz CT molecular complexity index is 734. The molecule has 1 aliphatic heterocycles. The minimum absolute atomic E-state index is 0.242. The van der Waals surface area contributed by atoms with Gasteiger partial charge in [-0.25, -0.2) is 17.1 Å². The Labute approximate surface area is 161 Å². The van der Waals surface area contributed by atoms with Crippen molar-refractivity contribution in [3.05, 3.63) is 30.1 Å². The number of benzene rings is 1. The Balaban J connectivity index is 1.72. The van der Waals surface area contributed by atoms with Crippen LogP contribution in [0.3, 0.4) is 0 Å². The minimum atomic E-state index is -3.09. The number of guanidine groups is 1. The molecule has 0 aromatic heterocycles. The van der Waals surface area contributed by atoms with E-state index >= 15 is 0 Å². The Morgan fingerprint density at radius 1 is 1.37 bits per heavy atom. The summed E-state index contributed by atoms with van der Waals surface area (Å²) in [5.74, 6) is 1.01. The van der Waals surface area contributed by atoms with Crippen molar-refractivity contribution in [3.8, 4) is 5.75 Å². The maximum Gasteiger partial charge on any atom is 0.211 e. The molecule has 152 valence electrons. The van der Waals surface area contributed by atoms with Gasteiger partial charge in [-0.3, -0.25) is 4.99 Å². The molecule has 9 heteroatoms. The first-order valence-electron chi connectivity index (χ1n) is 9.05. The van der Waals surface area contributed by atoms with Crippen LogP contribution in [0.5, 0.6) is 5.75 Å². The van der Waals surface area contributed by atoms with Crippen molar-refractivity contribution in [2.24, 2.45) is 10.9 Å². The molecule has 1 aromatic carbocycles. The number of nitrogens with zero attached hydrogens (tertiary/aromatic N) is 3. The fourth-order valence-electron chi connectivity index (χ4n) is 3.03. The highest BCUT2D eigenvalue weighted by Gasteiger charge is 2.25. The van der Waals surface area contributed by atoms with Gasteiger partial charge in [-0.05, 0) is 30.9 Å². The fraction of sp³-hybridized carbons (Fsp3) is 0.611. The number of hydrogen-bond donors (Lipinski definition) is 1. The average molecular weight is 401 g/mol. The van der Waals surface area contributed by atoms with Crippen molar-refractivity contribution in [1.82, 2.24) is 14.5 Å². The zero-order chi connectivity index (χ0) is 19.9. The number of rotatable bonds is 7. The largest absolute Gasteiger partial charge is 0.489 e. The van der Waals surface area contributed by atoms with Gasteiger partial charge in [0.05, 0.1) is 12.8 Å². The van der Waals surface area contributed by atoms with Gasteiger partial charge in [0.25, 0.3) is 0 Å². The molecule has 1 heterocycles. The number of likely N-dealkylation sites (N-methyl/N-ethyl adjacent to an activating group) is 1. The highest BCUT2D eigenvalue weighted by Crippen LogP contribution is 2.18. The van der Waals surface area contributed by atoms with E-state index in [-0.39, 0.29) is 11.6 Å². The second-order valence-electron chi connectivity index (χ2n) is 6.73. The lowest BCUT2D eigenvalue weighted by atomic mass is 9.98. The summed E-state index contributed by atoms with van der Waals surface area (Å²) in [5, 5.41) is 3.33. The summed E-state index contributed by atoms with van der Waals surface area (Å²) in [6.07, 6.45) is 2.92. The molecule has 1 saturated heterocycles. The molecule has 0 spiro atoms. The van der Waals surface area contributed by atoms with Crippen LogP contribution in [0.2, 0.25) is 0 Å². The molecule has 2 rings (SSSR count). The van der Waals surface area contributed by atoms with Crippen LogP contribution in [-0.4, -0.2) is 76.7 Å². The summed E-state index contributed by atoms with van der Waals surface area (Å²) in [6, 6.07) is 6.33. The lowest BCUT2D eigenvalue weighted by Gasteiger charge is -2.31. The molecule has 0 amide bonds. The summed E-state index contributed by atoms with van der Waals surface area (Å²) < 4.78 is 43.7. The van der Waals surface area contributed by atoms with E-state index in [0.717, 1.165) is 25.3 Å². The lowest BCUT2D eigenvalue weighted by Crippen LogP contribution is -2.45. The van der Waals surface area contributed by atoms with Crippen molar-refractivity contribution in [2.45, 2.75) is 12.8 Å². The van der Waals surface area contributed by atoms with Gasteiger partial charge in [0.1, 0.15) is 6.61 Å². The smallest absolute Gasteiger partial charge is 0.211 e. The monoisotopic (exact) mass is 400 g/mol. The molecule has 1 aliphatic rings. The van der Waals surface area contributed by atoms with E-state index < -0.39 is 10.0 Å². The van der Waals surface area contributed by atoms with Crippen LogP contribution in [-0.2, 0) is 10.0 Å². The Hall–Kier alpha value is -1.87. The van der Waals surface area contributed by atoms with Crippen molar-refractivity contribution < 1.29 is 17.5 Å². The van der Waals surface area contributed by atoms with Gasteiger partial charge in [-0.15, -0.1) is 0 Å². The van der Waals surface area contributed by atoms with Crippen LogP contribution in [0.4, 0.5) is 4.39 Å². The van der Waals surface area contributed by atoms with Crippen LogP contribution in [0.1, 0.15) is 12.8 Å². The summed E-state index contributed by atoms with van der Waals surface area (Å²) in [5.41, 5.74) is 0. The van der Waals surface area contributed by atoms with Crippen LogP contribution in [0.15, 0.2) is 29.3 Å². The van der Waals surface area contributed by atoms with E-state index in [1.54, 1.807) is 25.2 Å². The Morgan fingerprint density at radius 2 is 2.04 bits per heavy atom. The fourth-order valence-corrected chi connectivity index (χ4v) is 3.90. The Kier molecular flexibility index (Phi) is 7.85. The van der Waals surface area contributed by atoms with Gasteiger partial charge in [-0.1, -0.05) is 12.1 Å². The minimum Gasteiger partial charge on any atom is -0.489 e. The molecule has 1 aromatic rings. The van der Waals surface area contributed by atoms with E-state index in [1.165, 1.54) is 16.6 Å². The number of piperidine rings is 1. The quantitative estimate of drug-likeness (QED) is 0.553. The van der Waals surface area contributed by atoms with E-state index in [9.17, 15) is 12.8 Å². The summed E-state index contributed by atoms with van der Waals surface area (Å²) >= 11 is 0. The van der Waals surface area contributed by atoms with Gasteiger partial charge in [0.15, 0.2) is 17.5 Å². The first kappa shape index (κ1) is 21.4. The van der Waals surface area contributed by atoms with Crippen molar-refractivity contribution in [1.29, 1.82) is 0 Å². The summed E-state index contributed by atoms with van der Waals surface area (Å²) in [7, 11) is 0.512. The zero-order valence-corrected chi connectivity index (χ0v) is 17.0. The number of aliphatic imine (C=N–C) groups is 1. The third kappa shape index (κ3) is 6.66. The molecule has 7 nitrogen and oxygen atoms in total. The van der Waals surface area contributed by atoms with Gasteiger partial charge in [0, 0.05) is 33.7 Å². The maximum atomic E-state index is 13.6. The number of nitrogens with one attached hydrogen (secondary N) is 1. The van der Waals surface area contributed by atoms with E-state index in [1.807, 2.05) is 11.9 Å². The number of hydrogen-bond acceptors (Lipinski definition) is 4. The highest BCUT2D eigenvalue weighted by atomic mass is 32.2. The highest BCUT2D eigenvalue weighted by molar-refractivity contribution is 7.88. The third-order valence-corrected chi connectivity index (χ3v) is 5.99. The van der Waals surface area contributed by atoms with Crippen LogP contribution in [0.25, 0.3) is 0 Å². The molecule has 0 radical (unpaired) electrons. The van der Waals surface area contributed by atoms with Gasteiger partial charge in [-0.2, -0.15) is 0 Å². The first-order chi connectivity index (χ1) is 12.8. The number of sulfonamides is 1. The predicted molar refractivity (Wildman–Crippen MR) is 105 cm³/mol. The molecular formula is C18H29FN4O3S. The molecule has 0 bridgehead atoms. The van der Waals surface area contributed by atoms with Gasteiger partial charge >= 0.3 is 0 Å². The topological polar surface area (TPSA) is 74.2 Å². The van der Waals surface area contributed by atoms with E-state index in [4.69, 9.17) is 4.74 Å². The lowest BCUT2D eigenvalue weighted by molar-refractivity contribution is 0.262. The van der Waals surface area contributed by atoms with E-state index in [0.29, 0.717) is 32.2 Å². The molecule has 0 saturated carbocycles. The molecule has 0 atom stereocenters. The van der Waals surface area contributed by atoms with Crippen LogP contribution in [0, 0.1) is 11.7 Å². The predicted octanol–water partition coefficient (Wildman–Crippen LogP) is 1.38. The van der Waals surface area contributed by atoms with Crippen molar-refractivity contribution in [3.63, 3.8) is 0 Å². The molecule has 1 fully saturated rings. The number of halogens is 1. The van der Waals surface area contributed by atoms with Crippen molar-refractivity contribution >= 4 is 16.0 Å².